The Balaban J connectivity index is 1.44. The predicted molar refractivity (Wildman–Crippen MR) is 88.1 cm³/mol. The number of aryl methyl sites for hydroxylation is 1. The van der Waals surface area contributed by atoms with E-state index in [1.165, 1.54) is 63.7 Å². The van der Waals surface area contributed by atoms with Crippen LogP contribution in [0.15, 0.2) is 18.2 Å². The van der Waals surface area contributed by atoms with E-state index in [2.05, 4.69) is 28.8 Å². The van der Waals surface area contributed by atoms with Gasteiger partial charge >= 0.3 is 0 Å². The number of hydrogen-bond donors (Lipinski definition) is 2. The normalized spacial score (nSPS) is 32.1. The maximum atomic E-state index is 6.25. The molecule has 114 valence electrons. The van der Waals surface area contributed by atoms with Crippen LogP contribution in [-0.4, -0.2) is 25.7 Å². The average molecular weight is 305 g/mol. The standard InChI is InChI=1S/C18H25ClN2/c19-15-4-3-14-2-1-7-18(16(14)10-15)11-17(18)21-12-13-5-8-20-9-6-13/h3-4,10,13,17,20-21H,1-2,5-9,11-12H2. The molecule has 3 heteroatoms. The molecule has 2 unspecified atom stereocenters. The van der Waals surface area contributed by atoms with Crippen LogP contribution in [-0.2, 0) is 11.8 Å². The molecule has 1 saturated heterocycles. The van der Waals surface area contributed by atoms with Crippen LogP contribution >= 0.6 is 11.6 Å². The molecule has 1 heterocycles. The Labute approximate surface area is 132 Å². The second-order valence-corrected chi connectivity index (χ2v) is 7.61. The van der Waals surface area contributed by atoms with Gasteiger partial charge in [-0.2, -0.15) is 0 Å². The van der Waals surface area contributed by atoms with Crippen molar-refractivity contribution >= 4 is 11.6 Å². The zero-order valence-corrected chi connectivity index (χ0v) is 13.4. The molecule has 2 fully saturated rings. The zero-order valence-electron chi connectivity index (χ0n) is 12.6. The molecule has 1 spiro atoms. The SMILES string of the molecule is Clc1ccc2c(c1)C1(CCC2)CC1NCC1CCNCC1. The number of rotatable bonds is 3. The fraction of sp³-hybridized carbons (Fsp3) is 0.667. The van der Waals surface area contributed by atoms with Gasteiger partial charge in [0.1, 0.15) is 0 Å². The summed E-state index contributed by atoms with van der Waals surface area (Å²) in [4.78, 5) is 0. The molecule has 1 aromatic carbocycles. The summed E-state index contributed by atoms with van der Waals surface area (Å²) in [5, 5.41) is 8.23. The fourth-order valence-corrected chi connectivity index (χ4v) is 4.67. The van der Waals surface area contributed by atoms with Gasteiger partial charge in [0.15, 0.2) is 0 Å². The molecule has 0 bridgehead atoms. The van der Waals surface area contributed by atoms with Crippen molar-refractivity contribution in [2.75, 3.05) is 19.6 Å². The largest absolute Gasteiger partial charge is 0.317 e. The third-order valence-electron chi connectivity index (χ3n) is 5.86. The molecule has 1 saturated carbocycles. The Kier molecular flexibility index (Phi) is 3.72. The number of benzene rings is 1. The van der Waals surface area contributed by atoms with E-state index in [0.29, 0.717) is 11.5 Å². The molecule has 21 heavy (non-hydrogen) atoms. The van der Waals surface area contributed by atoms with Crippen LogP contribution in [0, 0.1) is 5.92 Å². The van der Waals surface area contributed by atoms with Crippen molar-refractivity contribution in [3.05, 3.63) is 34.3 Å². The summed E-state index contributed by atoms with van der Waals surface area (Å²) >= 11 is 6.25. The van der Waals surface area contributed by atoms with Crippen molar-refractivity contribution in [2.45, 2.75) is 50.0 Å². The van der Waals surface area contributed by atoms with Crippen molar-refractivity contribution in [3.63, 3.8) is 0 Å². The van der Waals surface area contributed by atoms with Crippen molar-refractivity contribution in [1.29, 1.82) is 0 Å². The summed E-state index contributed by atoms with van der Waals surface area (Å²) in [5.41, 5.74) is 3.49. The molecular weight excluding hydrogens is 280 g/mol. The van der Waals surface area contributed by atoms with Crippen LogP contribution in [0.5, 0.6) is 0 Å². The lowest BCUT2D eigenvalue weighted by Crippen LogP contribution is -2.36. The Morgan fingerprint density at radius 1 is 1.29 bits per heavy atom. The van der Waals surface area contributed by atoms with E-state index < -0.39 is 0 Å². The van der Waals surface area contributed by atoms with Crippen molar-refractivity contribution in [2.24, 2.45) is 5.92 Å². The van der Waals surface area contributed by atoms with E-state index in [1.54, 1.807) is 5.56 Å². The summed E-state index contributed by atoms with van der Waals surface area (Å²) in [5.74, 6) is 0.867. The number of fused-ring (bicyclic) bond motifs is 2. The first-order valence-corrected chi connectivity index (χ1v) is 8.89. The highest BCUT2D eigenvalue weighted by Gasteiger charge is 2.56. The first-order valence-electron chi connectivity index (χ1n) is 8.51. The molecular formula is C18H25ClN2. The molecule has 2 nitrogen and oxygen atoms in total. The van der Waals surface area contributed by atoms with Gasteiger partial charge in [-0.1, -0.05) is 17.7 Å². The monoisotopic (exact) mass is 304 g/mol. The molecule has 2 aliphatic carbocycles. The minimum Gasteiger partial charge on any atom is -0.317 e. The third-order valence-corrected chi connectivity index (χ3v) is 6.10. The van der Waals surface area contributed by atoms with Crippen LogP contribution < -0.4 is 10.6 Å². The van der Waals surface area contributed by atoms with Gasteiger partial charge in [0.05, 0.1) is 0 Å². The lowest BCUT2D eigenvalue weighted by Gasteiger charge is -2.28. The van der Waals surface area contributed by atoms with E-state index in [0.717, 1.165) is 10.9 Å². The van der Waals surface area contributed by atoms with Gasteiger partial charge in [-0.15, -0.1) is 0 Å². The van der Waals surface area contributed by atoms with Crippen LogP contribution in [0.1, 0.15) is 43.2 Å². The molecule has 0 amide bonds. The van der Waals surface area contributed by atoms with E-state index >= 15 is 0 Å². The van der Waals surface area contributed by atoms with E-state index in [-0.39, 0.29) is 0 Å². The van der Waals surface area contributed by atoms with Crippen LogP contribution in [0.4, 0.5) is 0 Å². The van der Waals surface area contributed by atoms with Gasteiger partial charge in [0, 0.05) is 16.5 Å². The highest BCUT2D eigenvalue weighted by Crippen LogP contribution is 2.55. The fourth-order valence-electron chi connectivity index (χ4n) is 4.50. The number of hydrogen-bond acceptors (Lipinski definition) is 2. The average Bonchev–Trinajstić information content (AvgIpc) is 3.21. The Morgan fingerprint density at radius 2 is 2.14 bits per heavy atom. The van der Waals surface area contributed by atoms with E-state index in [1.807, 2.05) is 0 Å². The van der Waals surface area contributed by atoms with E-state index in [4.69, 9.17) is 11.6 Å². The highest BCUT2D eigenvalue weighted by atomic mass is 35.5. The number of piperidine rings is 1. The molecule has 4 rings (SSSR count). The Hall–Kier alpha value is -0.570. The van der Waals surface area contributed by atoms with Crippen molar-refractivity contribution in [1.82, 2.24) is 10.6 Å². The Bertz CT molecular complexity index is 524. The molecule has 3 aliphatic rings. The van der Waals surface area contributed by atoms with Crippen molar-refractivity contribution < 1.29 is 0 Å². The third kappa shape index (κ3) is 2.62. The second kappa shape index (κ2) is 5.57. The quantitative estimate of drug-likeness (QED) is 0.895. The number of halogens is 1. The molecule has 2 atom stereocenters. The van der Waals surface area contributed by atoms with Gasteiger partial charge in [-0.05, 0) is 87.3 Å². The first-order chi connectivity index (χ1) is 10.3. The molecule has 0 radical (unpaired) electrons. The molecule has 1 aromatic rings. The van der Waals surface area contributed by atoms with Gasteiger partial charge in [0.2, 0.25) is 0 Å². The summed E-state index contributed by atoms with van der Waals surface area (Å²) < 4.78 is 0. The maximum Gasteiger partial charge on any atom is 0.0409 e. The summed E-state index contributed by atoms with van der Waals surface area (Å²) in [6, 6.07) is 7.23. The summed E-state index contributed by atoms with van der Waals surface area (Å²) in [7, 11) is 0. The van der Waals surface area contributed by atoms with Crippen LogP contribution in [0.3, 0.4) is 0 Å². The first kappa shape index (κ1) is 14.0. The second-order valence-electron chi connectivity index (χ2n) is 7.17. The minimum absolute atomic E-state index is 0.408. The smallest absolute Gasteiger partial charge is 0.0409 e. The maximum absolute atomic E-state index is 6.25. The summed E-state index contributed by atoms with van der Waals surface area (Å²) in [6.45, 7) is 3.59. The topological polar surface area (TPSA) is 24.1 Å². The van der Waals surface area contributed by atoms with Crippen LogP contribution in [0.2, 0.25) is 5.02 Å². The lowest BCUT2D eigenvalue weighted by atomic mass is 9.79. The lowest BCUT2D eigenvalue weighted by molar-refractivity contribution is 0.349. The summed E-state index contributed by atoms with van der Waals surface area (Å²) in [6.07, 6.45) is 7.87. The van der Waals surface area contributed by atoms with Gasteiger partial charge in [-0.3, -0.25) is 0 Å². The minimum atomic E-state index is 0.408. The van der Waals surface area contributed by atoms with Gasteiger partial charge in [0.25, 0.3) is 0 Å². The number of nitrogens with one attached hydrogen (secondary N) is 2. The zero-order chi connectivity index (χ0) is 14.3. The van der Waals surface area contributed by atoms with Crippen LogP contribution in [0.25, 0.3) is 0 Å². The Morgan fingerprint density at radius 3 is 3.00 bits per heavy atom. The highest BCUT2D eigenvalue weighted by molar-refractivity contribution is 6.30. The molecule has 1 aliphatic heterocycles. The van der Waals surface area contributed by atoms with Crippen molar-refractivity contribution in [3.8, 4) is 0 Å². The molecule has 2 N–H and O–H groups in total. The molecule has 0 aromatic heterocycles. The van der Waals surface area contributed by atoms with Gasteiger partial charge in [-0.25, -0.2) is 0 Å². The van der Waals surface area contributed by atoms with Gasteiger partial charge < -0.3 is 10.6 Å². The van der Waals surface area contributed by atoms with E-state index in [9.17, 15) is 0 Å². The predicted octanol–water partition coefficient (Wildman–Crippen LogP) is 3.28.